The van der Waals surface area contributed by atoms with Gasteiger partial charge in [0.15, 0.2) is 0 Å². The standard InChI is InChI=1S/C17H21FN2S/c1-3-9-19-11-13(4-2)10-16-12-21-17(20-16)14-5-7-15(18)8-6-14/h5-8,10,12,19H,3-4,9,11H2,1-2H3. The van der Waals surface area contributed by atoms with Crippen molar-refractivity contribution in [2.24, 2.45) is 0 Å². The fourth-order valence-corrected chi connectivity index (χ4v) is 2.77. The Hall–Kier alpha value is -1.52. The van der Waals surface area contributed by atoms with Gasteiger partial charge in [-0.25, -0.2) is 9.37 Å². The van der Waals surface area contributed by atoms with Crippen LogP contribution in [-0.2, 0) is 0 Å². The van der Waals surface area contributed by atoms with Crippen LogP contribution in [0, 0.1) is 5.82 Å². The number of aromatic nitrogens is 1. The van der Waals surface area contributed by atoms with Gasteiger partial charge in [0.1, 0.15) is 10.8 Å². The quantitative estimate of drug-likeness (QED) is 0.747. The lowest BCUT2D eigenvalue weighted by atomic mass is 10.1. The van der Waals surface area contributed by atoms with Gasteiger partial charge in [-0.15, -0.1) is 11.3 Å². The van der Waals surface area contributed by atoms with Crippen LogP contribution >= 0.6 is 11.3 Å². The van der Waals surface area contributed by atoms with Crippen LogP contribution in [0.1, 0.15) is 32.4 Å². The highest BCUT2D eigenvalue weighted by Crippen LogP contribution is 2.25. The van der Waals surface area contributed by atoms with Gasteiger partial charge >= 0.3 is 0 Å². The molecule has 0 atom stereocenters. The molecule has 0 saturated carbocycles. The van der Waals surface area contributed by atoms with Gasteiger partial charge in [-0.1, -0.05) is 19.4 Å². The molecule has 2 nitrogen and oxygen atoms in total. The summed E-state index contributed by atoms with van der Waals surface area (Å²) >= 11 is 1.59. The molecular formula is C17H21FN2S. The van der Waals surface area contributed by atoms with Crippen LogP contribution in [0.2, 0.25) is 0 Å². The number of nitrogens with one attached hydrogen (secondary N) is 1. The summed E-state index contributed by atoms with van der Waals surface area (Å²) in [7, 11) is 0. The lowest BCUT2D eigenvalue weighted by Gasteiger charge is -2.05. The molecule has 0 amide bonds. The number of thiazole rings is 1. The van der Waals surface area contributed by atoms with E-state index in [1.54, 1.807) is 23.5 Å². The molecule has 2 rings (SSSR count). The van der Waals surface area contributed by atoms with Gasteiger partial charge in [0.05, 0.1) is 5.69 Å². The normalized spacial score (nSPS) is 11.9. The maximum absolute atomic E-state index is 12.9. The predicted octanol–water partition coefficient (Wildman–Crippen LogP) is 4.74. The zero-order valence-electron chi connectivity index (χ0n) is 12.5. The van der Waals surface area contributed by atoms with Gasteiger partial charge in [-0.2, -0.15) is 0 Å². The molecule has 0 fully saturated rings. The second-order valence-corrected chi connectivity index (χ2v) is 5.78. The monoisotopic (exact) mass is 304 g/mol. The lowest BCUT2D eigenvalue weighted by molar-refractivity contribution is 0.628. The van der Waals surface area contributed by atoms with Crippen LogP contribution in [0.3, 0.4) is 0 Å². The first-order chi connectivity index (χ1) is 10.2. The summed E-state index contributed by atoms with van der Waals surface area (Å²) in [6, 6.07) is 6.48. The average Bonchev–Trinajstić information content (AvgIpc) is 2.95. The summed E-state index contributed by atoms with van der Waals surface area (Å²) in [5, 5.41) is 6.40. The van der Waals surface area contributed by atoms with Crippen LogP contribution in [0.25, 0.3) is 16.6 Å². The van der Waals surface area contributed by atoms with E-state index in [1.165, 1.54) is 17.7 Å². The Bertz CT molecular complexity index is 587. The molecule has 1 N–H and O–H groups in total. The first-order valence-electron chi connectivity index (χ1n) is 7.34. The smallest absolute Gasteiger partial charge is 0.124 e. The lowest BCUT2D eigenvalue weighted by Crippen LogP contribution is -2.17. The van der Waals surface area contributed by atoms with E-state index in [1.807, 2.05) is 5.38 Å². The highest BCUT2D eigenvalue weighted by molar-refractivity contribution is 7.13. The Balaban J connectivity index is 2.09. The van der Waals surface area contributed by atoms with Gasteiger partial charge in [-0.3, -0.25) is 0 Å². The van der Waals surface area contributed by atoms with Gasteiger partial charge < -0.3 is 5.32 Å². The summed E-state index contributed by atoms with van der Waals surface area (Å²) in [6.45, 7) is 6.27. The minimum Gasteiger partial charge on any atom is -0.313 e. The van der Waals surface area contributed by atoms with Crippen molar-refractivity contribution >= 4 is 17.4 Å². The first kappa shape index (κ1) is 15.9. The van der Waals surface area contributed by atoms with E-state index in [9.17, 15) is 4.39 Å². The topological polar surface area (TPSA) is 24.9 Å². The van der Waals surface area contributed by atoms with Crippen molar-refractivity contribution in [2.75, 3.05) is 13.1 Å². The Morgan fingerprint density at radius 1 is 1.29 bits per heavy atom. The van der Waals surface area contributed by atoms with E-state index >= 15 is 0 Å². The van der Waals surface area contributed by atoms with Crippen molar-refractivity contribution in [1.82, 2.24) is 10.3 Å². The zero-order chi connectivity index (χ0) is 15.1. The summed E-state index contributed by atoms with van der Waals surface area (Å²) in [5.41, 5.74) is 3.29. The maximum atomic E-state index is 12.9. The summed E-state index contributed by atoms with van der Waals surface area (Å²) < 4.78 is 12.9. The summed E-state index contributed by atoms with van der Waals surface area (Å²) in [5.74, 6) is -0.217. The van der Waals surface area contributed by atoms with E-state index in [4.69, 9.17) is 0 Å². The third-order valence-electron chi connectivity index (χ3n) is 3.20. The van der Waals surface area contributed by atoms with Crippen LogP contribution in [0.5, 0.6) is 0 Å². The Morgan fingerprint density at radius 3 is 2.71 bits per heavy atom. The fraction of sp³-hybridized carbons (Fsp3) is 0.353. The summed E-state index contributed by atoms with van der Waals surface area (Å²) in [4.78, 5) is 4.62. The minimum atomic E-state index is -0.217. The van der Waals surface area contributed by atoms with Gasteiger partial charge in [0.2, 0.25) is 0 Å². The molecule has 0 radical (unpaired) electrons. The van der Waals surface area contributed by atoms with E-state index in [-0.39, 0.29) is 5.82 Å². The van der Waals surface area contributed by atoms with Crippen molar-refractivity contribution in [2.45, 2.75) is 26.7 Å². The predicted molar refractivity (Wildman–Crippen MR) is 88.9 cm³/mol. The molecule has 1 aromatic carbocycles. The zero-order valence-corrected chi connectivity index (χ0v) is 13.3. The molecule has 0 aliphatic rings. The second-order valence-electron chi connectivity index (χ2n) is 4.92. The minimum absolute atomic E-state index is 0.217. The van der Waals surface area contributed by atoms with Crippen LogP contribution in [0.4, 0.5) is 4.39 Å². The van der Waals surface area contributed by atoms with E-state index in [0.717, 1.165) is 42.2 Å². The van der Waals surface area contributed by atoms with Crippen molar-refractivity contribution < 1.29 is 4.39 Å². The third kappa shape index (κ3) is 4.76. The molecular weight excluding hydrogens is 283 g/mol. The first-order valence-corrected chi connectivity index (χ1v) is 8.22. The molecule has 1 heterocycles. The number of nitrogens with zero attached hydrogens (tertiary/aromatic N) is 1. The molecule has 4 heteroatoms. The van der Waals surface area contributed by atoms with E-state index < -0.39 is 0 Å². The molecule has 0 saturated heterocycles. The Morgan fingerprint density at radius 2 is 2.05 bits per heavy atom. The van der Waals surface area contributed by atoms with Crippen molar-refractivity contribution in [3.05, 3.63) is 46.7 Å². The van der Waals surface area contributed by atoms with Gasteiger partial charge in [-0.05, 0) is 49.7 Å². The maximum Gasteiger partial charge on any atom is 0.124 e. The number of benzene rings is 1. The molecule has 0 unspecified atom stereocenters. The van der Waals surface area contributed by atoms with Crippen molar-refractivity contribution in [1.29, 1.82) is 0 Å². The number of hydrogen-bond acceptors (Lipinski definition) is 3. The number of rotatable bonds is 7. The molecule has 21 heavy (non-hydrogen) atoms. The average molecular weight is 304 g/mol. The van der Waals surface area contributed by atoms with Gasteiger partial charge in [0.25, 0.3) is 0 Å². The molecule has 0 aliphatic heterocycles. The molecule has 0 spiro atoms. The molecule has 112 valence electrons. The number of hydrogen-bond donors (Lipinski definition) is 1. The van der Waals surface area contributed by atoms with Crippen LogP contribution < -0.4 is 5.32 Å². The molecule has 0 bridgehead atoms. The fourth-order valence-electron chi connectivity index (χ4n) is 1.99. The third-order valence-corrected chi connectivity index (χ3v) is 4.11. The van der Waals surface area contributed by atoms with E-state index in [2.05, 4.69) is 30.2 Å². The highest BCUT2D eigenvalue weighted by atomic mass is 32.1. The Labute approximate surface area is 129 Å². The molecule has 2 aromatic rings. The van der Waals surface area contributed by atoms with E-state index in [0.29, 0.717) is 0 Å². The Kier molecular flexibility index (Phi) is 6.08. The molecule has 0 aliphatic carbocycles. The number of halogens is 1. The van der Waals surface area contributed by atoms with Crippen LogP contribution in [0.15, 0.2) is 35.2 Å². The molecule has 1 aromatic heterocycles. The van der Waals surface area contributed by atoms with Crippen LogP contribution in [-0.4, -0.2) is 18.1 Å². The summed E-state index contributed by atoms with van der Waals surface area (Å²) in [6.07, 6.45) is 4.30. The van der Waals surface area contributed by atoms with Gasteiger partial charge in [0, 0.05) is 17.5 Å². The second kappa shape index (κ2) is 8.05. The largest absolute Gasteiger partial charge is 0.313 e. The van der Waals surface area contributed by atoms with Crippen molar-refractivity contribution in [3.8, 4) is 10.6 Å². The SMILES string of the molecule is CCCNCC(=Cc1csc(-c2ccc(F)cc2)n1)CC. The highest BCUT2D eigenvalue weighted by Gasteiger charge is 2.04. The van der Waals surface area contributed by atoms with Crippen molar-refractivity contribution in [3.63, 3.8) is 0 Å².